The minimum Gasteiger partial charge on any atom is -0.475 e. The van der Waals surface area contributed by atoms with Crippen molar-refractivity contribution in [2.24, 2.45) is 5.92 Å². The predicted molar refractivity (Wildman–Crippen MR) is 96.8 cm³/mol. The lowest BCUT2D eigenvalue weighted by Crippen LogP contribution is -2.40. The second-order valence-electron chi connectivity index (χ2n) is 6.86. The zero-order chi connectivity index (χ0) is 22.4. The molecule has 1 N–H and O–H groups in total. The number of aliphatic carboxylic acids is 1. The van der Waals surface area contributed by atoms with Crippen molar-refractivity contribution in [2.75, 3.05) is 19.8 Å². The molecule has 0 radical (unpaired) electrons. The van der Waals surface area contributed by atoms with Gasteiger partial charge in [0.05, 0.1) is 19.1 Å². The summed E-state index contributed by atoms with van der Waals surface area (Å²) in [7, 11) is 0. The van der Waals surface area contributed by atoms with Crippen molar-refractivity contribution in [3.63, 3.8) is 0 Å². The molecule has 0 saturated carbocycles. The van der Waals surface area contributed by atoms with Crippen LogP contribution in [0.3, 0.4) is 0 Å². The molecular formula is C19H20F3N3O6. The van der Waals surface area contributed by atoms with Crippen LogP contribution in [0.1, 0.15) is 23.4 Å². The molecule has 0 bridgehead atoms. The van der Waals surface area contributed by atoms with E-state index >= 15 is 0 Å². The highest BCUT2D eigenvalue weighted by Gasteiger charge is 2.38. The molecule has 2 aliphatic heterocycles. The maximum Gasteiger partial charge on any atom is 0.490 e. The van der Waals surface area contributed by atoms with E-state index in [9.17, 15) is 18.0 Å². The van der Waals surface area contributed by atoms with Crippen LogP contribution in [0.2, 0.25) is 0 Å². The van der Waals surface area contributed by atoms with Gasteiger partial charge in [0, 0.05) is 37.4 Å². The van der Waals surface area contributed by atoms with Gasteiger partial charge in [-0.1, -0.05) is 11.2 Å². The van der Waals surface area contributed by atoms with Crippen molar-refractivity contribution < 1.29 is 41.9 Å². The van der Waals surface area contributed by atoms with Crippen LogP contribution < -0.4 is 4.74 Å². The fourth-order valence-corrected chi connectivity index (χ4v) is 3.13. The lowest BCUT2D eigenvalue weighted by atomic mass is 10.0. The summed E-state index contributed by atoms with van der Waals surface area (Å²) in [5, 5.41) is 11.2. The highest BCUT2D eigenvalue weighted by Crippen LogP contribution is 2.26. The molecule has 2 aromatic rings. The molecule has 0 aliphatic carbocycles. The Hall–Kier alpha value is -3.15. The third-order valence-electron chi connectivity index (χ3n) is 4.74. The smallest absolute Gasteiger partial charge is 0.475 e. The van der Waals surface area contributed by atoms with Gasteiger partial charge in [-0.25, -0.2) is 9.78 Å². The van der Waals surface area contributed by atoms with Gasteiger partial charge in [0.25, 0.3) is 0 Å². The molecule has 1 saturated heterocycles. The Balaban J connectivity index is 0.000000339. The number of carbonyl (C=O) groups excluding carboxylic acids is 1. The van der Waals surface area contributed by atoms with Crippen LogP contribution in [0, 0.1) is 5.92 Å². The average molecular weight is 443 g/mol. The molecule has 0 spiro atoms. The summed E-state index contributed by atoms with van der Waals surface area (Å²) in [6.45, 7) is 2.67. The van der Waals surface area contributed by atoms with E-state index in [1.54, 1.807) is 12.3 Å². The molecule has 31 heavy (non-hydrogen) atoms. The number of ether oxygens (including phenoxy) is 2. The maximum absolute atomic E-state index is 12.6. The Kier molecular flexibility index (Phi) is 7.10. The van der Waals surface area contributed by atoms with Crippen LogP contribution in [-0.4, -0.2) is 58.0 Å². The van der Waals surface area contributed by atoms with Crippen LogP contribution in [0.15, 0.2) is 28.9 Å². The number of carboxylic acid groups (broad SMARTS) is 1. The van der Waals surface area contributed by atoms with E-state index in [0.717, 1.165) is 23.4 Å². The van der Waals surface area contributed by atoms with E-state index < -0.39 is 12.1 Å². The van der Waals surface area contributed by atoms with Gasteiger partial charge < -0.3 is 24.0 Å². The maximum atomic E-state index is 12.6. The van der Waals surface area contributed by atoms with Crippen LogP contribution in [0.4, 0.5) is 13.2 Å². The van der Waals surface area contributed by atoms with Gasteiger partial charge in [0.1, 0.15) is 18.1 Å². The van der Waals surface area contributed by atoms with Gasteiger partial charge >= 0.3 is 12.1 Å². The number of hydrogen-bond acceptors (Lipinski definition) is 7. The number of halogens is 3. The van der Waals surface area contributed by atoms with Gasteiger partial charge in [-0.05, 0) is 12.5 Å². The largest absolute Gasteiger partial charge is 0.490 e. The molecule has 1 atom stereocenters. The average Bonchev–Trinajstić information content (AvgIpc) is 3.42. The molecule has 1 fully saturated rings. The standard InChI is InChI=1S/C17H19N3O4.C2HF3O2/c21-17(12-5-8-22-10-12)20-7-4-15-13(9-20)14(19-24-15)11-23-16-3-1-2-6-18-16;3-2(4,5)1(6)7/h1-3,6,12H,4-5,7-11H2;(H,6,7). The Bertz CT molecular complexity index is 897. The van der Waals surface area contributed by atoms with E-state index in [2.05, 4.69) is 10.1 Å². The van der Waals surface area contributed by atoms with E-state index in [0.29, 0.717) is 38.6 Å². The first kappa shape index (κ1) is 22.5. The summed E-state index contributed by atoms with van der Waals surface area (Å²) in [4.78, 5) is 27.5. The topological polar surface area (TPSA) is 115 Å². The molecule has 2 aliphatic rings. The summed E-state index contributed by atoms with van der Waals surface area (Å²) >= 11 is 0. The first-order chi connectivity index (χ1) is 14.8. The number of rotatable bonds is 4. The number of aromatic nitrogens is 2. The summed E-state index contributed by atoms with van der Waals surface area (Å²) in [6, 6.07) is 5.49. The zero-order valence-corrected chi connectivity index (χ0v) is 16.3. The summed E-state index contributed by atoms with van der Waals surface area (Å²) in [5.41, 5.74) is 1.69. The first-order valence-electron chi connectivity index (χ1n) is 9.42. The Morgan fingerprint density at radius 1 is 1.32 bits per heavy atom. The van der Waals surface area contributed by atoms with Crippen molar-refractivity contribution in [2.45, 2.75) is 32.2 Å². The molecule has 4 rings (SSSR count). The van der Waals surface area contributed by atoms with Gasteiger partial charge in [-0.2, -0.15) is 13.2 Å². The second-order valence-corrected chi connectivity index (χ2v) is 6.86. The van der Waals surface area contributed by atoms with Crippen LogP contribution >= 0.6 is 0 Å². The Morgan fingerprint density at radius 2 is 2.10 bits per heavy atom. The van der Waals surface area contributed by atoms with Crippen molar-refractivity contribution in [1.82, 2.24) is 15.0 Å². The number of hydrogen-bond donors (Lipinski definition) is 1. The summed E-state index contributed by atoms with van der Waals surface area (Å²) < 4.78 is 48.1. The van der Waals surface area contributed by atoms with Crippen LogP contribution in [0.25, 0.3) is 0 Å². The number of carbonyl (C=O) groups is 2. The number of nitrogens with zero attached hydrogens (tertiary/aromatic N) is 3. The third kappa shape index (κ3) is 5.94. The molecule has 168 valence electrons. The van der Waals surface area contributed by atoms with Crippen LogP contribution in [-0.2, 0) is 33.9 Å². The van der Waals surface area contributed by atoms with Crippen molar-refractivity contribution in [3.05, 3.63) is 41.4 Å². The second kappa shape index (κ2) is 9.77. The number of alkyl halides is 3. The van der Waals surface area contributed by atoms with E-state index in [-0.39, 0.29) is 18.4 Å². The van der Waals surface area contributed by atoms with E-state index in [4.69, 9.17) is 23.9 Å². The SMILES string of the molecule is O=C(C1CCOC1)N1CCc2onc(COc3ccccn3)c2C1.O=C(O)C(F)(F)F. The fourth-order valence-electron chi connectivity index (χ4n) is 3.13. The van der Waals surface area contributed by atoms with Gasteiger partial charge in [0.15, 0.2) is 0 Å². The van der Waals surface area contributed by atoms with Gasteiger partial charge in [0.2, 0.25) is 11.8 Å². The Morgan fingerprint density at radius 3 is 2.71 bits per heavy atom. The van der Waals surface area contributed by atoms with Gasteiger partial charge in [-0.3, -0.25) is 4.79 Å². The minimum atomic E-state index is -5.08. The quantitative estimate of drug-likeness (QED) is 0.765. The van der Waals surface area contributed by atoms with E-state index in [1.807, 2.05) is 17.0 Å². The van der Waals surface area contributed by atoms with Crippen molar-refractivity contribution >= 4 is 11.9 Å². The predicted octanol–water partition coefficient (Wildman–Crippen LogP) is 2.20. The molecule has 4 heterocycles. The number of carboxylic acids is 1. The fraction of sp³-hybridized carbons (Fsp3) is 0.474. The molecule has 1 unspecified atom stereocenters. The minimum absolute atomic E-state index is 0.0142. The number of pyridine rings is 1. The normalized spacial score (nSPS) is 18.0. The van der Waals surface area contributed by atoms with Gasteiger partial charge in [-0.15, -0.1) is 0 Å². The monoisotopic (exact) mass is 443 g/mol. The van der Waals surface area contributed by atoms with Crippen molar-refractivity contribution in [3.8, 4) is 5.88 Å². The van der Waals surface area contributed by atoms with Crippen molar-refractivity contribution in [1.29, 1.82) is 0 Å². The zero-order valence-electron chi connectivity index (χ0n) is 16.3. The highest BCUT2D eigenvalue weighted by molar-refractivity contribution is 5.79. The molecule has 12 heteroatoms. The Labute approximate surface area is 174 Å². The summed E-state index contributed by atoms with van der Waals surface area (Å²) in [6.07, 6.45) is -1.91. The molecule has 0 aromatic carbocycles. The summed E-state index contributed by atoms with van der Waals surface area (Å²) in [5.74, 6) is -1.22. The number of amides is 1. The first-order valence-corrected chi connectivity index (χ1v) is 9.42. The van der Waals surface area contributed by atoms with Crippen LogP contribution in [0.5, 0.6) is 5.88 Å². The van der Waals surface area contributed by atoms with E-state index in [1.165, 1.54) is 0 Å². The number of fused-ring (bicyclic) bond motifs is 1. The molecule has 2 aromatic heterocycles. The lowest BCUT2D eigenvalue weighted by molar-refractivity contribution is -0.192. The molecular weight excluding hydrogens is 423 g/mol. The molecule has 1 amide bonds. The third-order valence-corrected chi connectivity index (χ3v) is 4.74. The molecule has 9 nitrogen and oxygen atoms in total. The highest BCUT2D eigenvalue weighted by atomic mass is 19.4. The lowest BCUT2D eigenvalue weighted by Gasteiger charge is -2.28.